The van der Waals surface area contributed by atoms with Crippen molar-refractivity contribution >= 4 is 11.6 Å². The third-order valence-corrected chi connectivity index (χ3v) is 3.58. The number of hydrogen-bond donors (Lipinski definition) is 0. The fourth-order valence-electron chi connectivity index (χ4n) is 2.14. The SMILES string of the molecule is CCCc1nc(Cl)c(C)c(-c2cc(C)ccc2OC)n1. The van der Waals surface area contributed by atoms with Crippen molar-refractivity contribution in [2.45, 2.75) is 33.6 Å². The van der Waals surface area contributed by atoms with Gasteiger partial charge in [0.2, 0.25) is 0 Å². The third-order valence-electron chi connectivity index (χ3n) is 3.22. The summed E-state index contributed by atoms with van der Waals surface area (Å²) in [5, 5.41) is 0.516. The zero-order chi connectivity index (χ0) is 14.7. The van der Waals surface area contributed by atoms with Crippen molar-refractivity contribution in [2.24, 2.45) is 0 Å². The van der Waals surface area contributed by atoms with Gasteiger partial charge in [0.1, 0.15) is 16.7 Å². The zero-order valence-electron chi connectivity index (χ0n) is 12.3. The molecule has 0 radical (unpaired) electrons. The Morgan fingerprint density at radius 3 is 2.60 bits per heavy atom. The zero-order valence-corrected chi connectivity index (χ0v) is 13.1. The van der Waals surface area contributed by atoms with Crippen LogP contribution in [0.4, 0.5) is 0 Å². The van der Waals surface area contributed by atoms with Crippen LogP contribution >= 0.6 is 11.6 Å². The standard InChI is InChI=1S/C16H19ClN2O/c1-5-6-14-18-15(11(3)16(17)19-14)12-9-10(2)7-8-13(12)20-4/h7-9H,5-6H2,1-4H3. The Morgan fingerprint density at radius 1 is 1.20 bits per heavy atom. The van der Waals surface area contributed by atoms with Crippen molar-refractivity contribution in [1.82, 2.24) is 9.97 Å². The molecule has 20 heavy (non-hydrogen) atoms. The Balaban J connectivity index is 2.65. The van der Waals surface area contributed by atoms with Crippen molar-refractivity contribution in [3.63, 3.8) is 0 Å². The van der Waals surface area contributed by atoms with Gasteiger partial charge in [0, 0.05) is 17.5 Å². The molecule has 106 valence electrons. The molecule has 0 aliphatic rings. The molecule has 1 aromatic heterocycles. The van der Waals surface area contributed by atoms with Gasteiger partial charge in [-0.15, -0.1) is 0 Å². The van der Waals surface area contributed by atoms with Crippen LogP contribution in [-0.4, -0.2) is 17.1 Å². The Bertz CT molecular complexity index is 626. The number of aromatic nitrogens is 2. The van der Waals surface area contributed by atoms with Gasteiger partial charge in [-0.3, -0.25) is 0 Å². The van der Waals surface area contributed by atoms with Crippen LogP contribution in [-0.2, 0) is 6.42 Å². The second-order valence-corrected chi connectivity index (χ2v) is 5.22. The van der Waals surface area contributed by atoms with E-state index >= 15 is 0 Å². The van der Waals surface area contributed by atoms with Crippen LogP contribution in [0.1, 0.15) is 30.3 Å². The minimum Gasteiger partial charge on any atom is -0.496 e. The van der Waals surface area contributed by atoms with E-state index in [2.05, 4.69) is 23.0 Å². The summed E-state index contributed by atoms with van der Waals surface area (Å²) < 4.78 is 5.45. The topological polar surface area (TPSA) is 35.0 Å². The van der Waals surface area contributed by atoms with Gasteiger partial charge in [0.05, 0.1) is 12.8 Å². The van der Waals surface area contributed by atoms with Gasteiger partial charge in [-0.25, -0.2) is 9.97 Å². The highest BCUT2D eigenvalue weighted by Crippen LogP contribution is 2.33. The van der Waals surface area contributed by atoms with Crippen LogP contribution in [0.2, 0.25) is 5.15 Å². The molecule has 3 nitrogen and oxygen atoms in total. The Hall–Kier alpha value is -1.61. The van der Waals surface area contributed by atoms with E-state index in [1.165, 1.54) is 0 Å². The van der Waals surface area contributed by atoms with Crippen LogP contribution in [0.25, 0.3) is 11.3 Å². The van der Waals surface area contributed by atoms with Crippen molar-refractivity contribution in [3.8, 4) is 17.0 Å². The smallest absolute Gasteiger partial charge is 0.136 e. The van der Waals surface area contributed by atoms with Crippen LogP contribution in [0, 0.1) is 13.8 Å². The molecule has 2 aromatic rings. The first-order chi connectivity index (χ1) is 9.56. The monoisotopic (exact) mass is 290 g/mol. The molecular weight excluding hydrogens is 272 g/mol. The lowest BCUT2D eigenvalue weighted by atomic mass is 10.0. The van der Waals surface area contributed by atoms with Crippen LogP contribution in [0.15, 0.2) is 18.2 Å². The molecule has 0 unspecified atom stereocenters. The summed E-state index contributed by atoms with van der Waals surface area (Å²) in [5.74, 6) is 1.58. The number of benzene rings is 1. The predicted molar refractivity (Wildman–Crippen MR) is 82.5 cm³/mol. The second-order valence-electron chi connectivity index (χ2n) is 4.86. The van der Waals surface area contributed by atoms with Gasteiger partial charge in [-0.05, 0) is 32.4 Å². The van der Waals surface area contributed by atoms with E-state index in [0.717, 1.165) is 46.8 Å². The van der Waals surface area contributed by atoms with Gasteiger partial charge in [0.25, 0.3) is 0 Å². The van der Waals surface area contributed by atoms with Gasteiger partial charge < -0.3 is 4.74 Å². The minimum atomic E-state index is 0.516. The van der Waals surface area contributed by atoms with Gasteiger partial charge in [-0.2, -0.15) is 0 Å². The molecule has 2 rings (SSSR count). The van der Waals surface area contributed by atoms with E-state index in [4.69, 9.17) is 16.3 Å². The molecule has 4 heteroatoms. The van der Waals surface area contributed by atoms with Crippen LogP contribution < -0.4 is 4.74 Å². The summed E-state index contributed by atoms with van der Waals surface area (Å²) in [6.07, 6.45) is 1.81. The quantitative estimate of drug-likeness (QED) is 0.784. The maximum absolute atomic E-state index is 6.25. The molecule has 0 atom stereocenters. The normalized spacial score (nSPS) is 10.7. The lowest BCUT2D eigenvalue weighted by Gasteiger charge is -2.13. The number of nitrogens with zero attached hydrogens (tertiary/aromatic N) is 2. The Morgan fingerprint density at radius 2 is 1.95 bits per heavy atom. The second kappa shape index (κ2) is 6.23. The van der Waals surface area contributed by atoms with E-state index < -0.39 is 0 Å². The van der Waals surface area contributed by atoms with E-state index in [0.29, 0.717) is 5.15 Å². The largest absolute Gasteiger partial charge is 0.496 e. The molecular formula is C16H19ClN2O. The average Bonchev–Trinajstić information content (AvgIpc) is 2.43. The molecule has 1 heterocycles. The molecule has 0 saturated heterocycles. The van der Waals surface area contributed by atoms with Crippen LogP contribution in [0.5, 0.6) is 5.75 Å². The number of aryl methyl sites for hydroxylation is 2. The Labute approximate surface area is 125 Å². The summed E-state index contributed by atoms with van der Waals surface area (Å²) in [6.45, 7) is 6.09. The molecule has 0 saturated carbocycles. The highest BCUT2D eigenvalue weighted by atomic mass is 35.5. The molecule has 1 aromatic carbocycles. The number of rotatable bonds is 4. The van der Waals surface area contributed by atoms with E-state index in [1.807, 2.05) is 26.0 Å². The Kier molecular flexibility index (Phi) is 4.61. The predicted octanol–water partition coefficient (Wildman–Crippen LogP) is 4.37. The number of methoxy groups -OCH3 is 1. The number of hydrogen-bond acceptors (Lipinski definition) is 3. The molecule has 0 N–H and O–H groups in total. The summed E-state index contributed by atoms with van der Waals surface area (Å²) in [6, 6.07) is 6.05. The lowest BCUT2D eigenvalue weighted by Crippen LogP contribution is -2.02. The van der Waals surface area contributed by atoms with E-state index in [1.54, 1.807) is 7.11 Å². The lowest BCUT2D eigenvalue weighted by molar-refractivity contribution is 0.416. The van der Waals surface area contributed by atoms with Gasteiger partial charge in [0.15, 0.2) is 0 Å². The maximum atomic E-state index is 6.25. The summed E-state index contributed by atoms with van der Waals surface area (Å²) in [7, 11) is 1.67. The fraction of sp³-hybridized carbons (Fsp3) is 0.375. The first-order valence-electron chi connectivity index (χ1n) is 6.74. The molecule has 0 amide bonds. The summed E-state index contributed by atoms with van der Waals surface area (Å²) in [5.41, 5.74) is 3.86. The van der Waals surface area contributed by atoms with Crippen molar-refractivity contribution < 1.29 is 4.74 Å². The van der Waals surface area contributed by atoms with E-state index in [-0.39, 0.29) is 0 Å². The van der Waals surface area contributed by atoms with Gasteiger partial charge >= 0.3 is 0 Å². The number of halogens is 1. The fourth-order valence-corrected chi connectivity index (χ4v) is 2.32. The summed E-state index contributed by atoms with van der Waals surface area (Å²) in [4.78, 5) is 9.01. The molecule has 0 bridgehead atoms. The van der Waals surface area contributed by atoms with Gasteiger partial charge in [-0.1, -0.05) is 30.2 Å². The molecule has 0 aliphatic heterocycles. The van der Waals surface area contributed by atoms with Crippen molar-refractivity contribution in [3.05, 3.63) is 40.3 Å². The van der Waals surface area contributed by atoms with Crippen LogP contribution in [0.3, 0.4) is 0 Å². The highest BCUT2D eigenvalue weighted by Gasteiger charge is 2.15. The first kappa shape index (κ1) is 14.8. The third kappa shape index (κ3) is 2.93. The maximum Gasteiger partial charge on any atom is 0.136 e. The van der Waals surface area contributed by atoms with Crippen molar-refractivity contribution in [2.75, 3.05) is 7.11 Å². The first-order valence-corrected chi connectivity index (χ1v) is 7.12. The molecule has 0 spiro atoms. The summed E-state index contributed by atoms with van der Waals surface area (Å²) >= 11 is 6.25. The minimum absolute atomic E-state index is 0.516. The van der Waals surface area contributed by atoms with Crippen molar-refractivity contribution in [1.29, 1.82) is 0 Å². The molecule has 0 fully saturated rings. The van der Waals surface area contributed by atoms with E-state index in [9.17, 15) is 0 Å². The highest BCUT2D eigenvalue weighted by molar-refractivity contribution is 6.30. The average molecular weight is 291 g/mol. The number of ether oxygens (including phenoxy) is 1. The molecule has 0 aliphatic carbocycles.